The van der Waals surface area contributed by atoms with Gasteiger partial charge in [0.15, 0.2) is 0 Å². The van der Waals surface area contributed by atoms with Gasteiger partial charge in [-0.1, -0.05) is 30.5 Å². The second kappa shape index (κ2) is 7.02. The van der Waals surface area contributed by atoms with Gasteiger partial charge in [0.2, 0.25) is 5.91 Å². The molecule has 1 amide bonds. The lowest BCUT2D eigenvalue weighted by atomic mass is 9.98. The molecular weight excluding hydrogens is 288 g/mol. The molecule has 3 rings (SSSR count). The van der Waals surface area contributed by atoms with Crippen LogP contribution in [0.1, 0.15) is 44.1 Å². The molecule has 1 N–H and O–H groups in total. The summed E-state index contributed by atoms with van der Waals surface area (Å²) in [5.41, 5.74) is 2.23. The highest BCUT2D eigenvalue weighted by Gasteiger charge is 2.42. The van der Waals surface area contributed by atoms with E-state index in [0.717, 1.165) is 18.7 Å². The van der Waals surface area contributed by atoms with Gasteiger partial charge in [0.25, 0.3) is 0 Å². The van der Waals surface area contributed by atoms with Gasteiger partial charge in [-0.25, -0.2) is 0 Å². The van der Waals surface area contributed by atoms with E-state index in [4.69, 9.17) is 4.74 Å². The van der Waals surface area contributed by atoms with Crippen molar-refractivity contribution in [1.29, 1.82) is 0 Å². The molecule has 1 aliphatic carbocycles. The monoisotopic (exact) mass is 316 g/mol. The molecule has 1 aromatic rings. The first-order chi connectivity index (χ1) is 11.0. The fourth-order valence-corrected chi connectivity index (χ4v) is 3.91. The van der Waals surface area contributed by atoms with Crippen LogP contribution in [0.15, 0.2) is 24.3 Å². The van der Waals surface area contributed by atoms with E-state index >= 15 is 0 Å². The molecule has 1 aromatic carbocycles. The SMILES string of the molecule is Cc1ccc(NC(=O)CN(C)C[C@@H]2CCC3(CCCC3)O2)cc1. The Labute approximate surface area is 139 Å². The maximum atomic E-state index is 12.1. The van der Waals surface area contributed by atoms with Crippen LogP contribution in [0.3, 0.4) is 0 Å². The van der Waals surface area contributed by atoms with Gasteiger partial charge in [-0.15, -0.1) is 0 Å². The highest BCUT2D eigenvalue weighted by molar-refractivity contribution is 5.92. The molecule has 1 aliphatic heterocycles. The minimum absolute atomic E-state index is 0.0323. The van der Waals surface area contributed by atoms with Crippen LogP contribution in [0.4, 0.5) is 5.69 Å². The minimum Gasteiger partial charge on any atom is -0.370 e. The summed E-state index contributed by atoms with van der Waals surface area (Å²) in [6.45, 7) is 3.28. The van der Waals surface area contributed by atoms with Crippen LogP contribution in [0.25, 0.3) is 0 Å². The van der Waals surface area contributed by atoms with E-state index in [-0.39, 0.29) is 17.6 Å². The molecule has 2 aliphatic rings. The minimum atomic E-state index is 0.0323. The molecular formula is C19H28N2O2. The zero-order valence-corrected chi connectivity index (χ0v) is 14.3. The Bertz CT molecular complexity index is 535. The van der Waals surface area contributed by atoms with Gasteiger partial charge < -0.3 is 10.1 Å². The average Bonchev–Trinajstić information content (AvgIpc) is 3.12. The summed E-state index contributed by atoms with van der Waals surface area (Å²) < 4.78 is 6.32. The van der Waals surface area contributed by atoms with Crippen LogP contribution in [-0.4, -0.2) is 42.6 Å². The number of amides is 1. The van der Waals surface area contributed by atoms with Crippen molar-refractivity contribution in [2.45, 2.75) is 57.2 Å². The largest absolute Gasteiger partial charge is 0.370 e. The number of rotatable bonds is 5. The van der Waals surface area contributed by atoms with E-state index < -0.39 is 0 Å². The highest BCUT2D eigenvalue weighted by Crippen LogP contribution is 2.43. The Morgan fingerprint density at radius 3 is 2.65 bits per heavy atom. The molecule has 0 aromatic heterocycles. The van der Waals surface area contributed by atoms with Crippen LogP contribution in [0.5, 0.6) is 0 Å². The smallest absolute Gasteiger partial charge is 0.238 e. The molecule has 126 valence electrons. The maximum Gasteiger partial charge on any atom is 0.238 e. The summed E-state index contributed by atoms with van der Waals surface area (Å²) >= 11 is 0. The van der Waals surface area contributed by atoms with Crippen LogP contribution in [0.2, 0.25) is 0 Å². The number of hydrogen-bond acceptors (Lipinski definition) is 3. The van der Waals surface area contributed by atoms with Gasteiger partial charge in [-0.2, -0.15) is 0 Å². The van der Waals surface area contributed by atoms with Crippen molar-refractivity contribution in [3.05, 3.63) is 29.8 Å². The quantitative estimate of drug-likeness (QED) is 0.905. The van der Waals surface area contributed by atoms with E-state index in [0.29, 0.717) is 6.54 Å². The topological polar surface area (TPSA) is 41.6 Å². The zero-order chi connectivity index (χ0) is 16.3. The van der Waals surface area contributed by atoms with Gasteiger partial charge in [0.05, 0.1) is 18.2 Å². The first kappa shape index (κ1) is 16.5. The number of nitrogens with zero attached hydrogens (tertiary/aromatic N) is 1. The summed E-state index contributed by atoms with van der Waals surface area (Å²) in [6.07, 6.45) is 7.67. The Balaban J connectivity index is 1.43. The van der Waals surface area contributed by atoms with Gasteiger partial charge in [0.1, 0.15) is 0 Å². The fraction of sp³-hybridized carbons (Fsp3) is 0.632. The molecule has 4 heteroatoms. The Hall–Kier alpha value is -1.39. The standard InChI is InChI=1S/C19H28N2O2/c1-15-5-7-16(8-6-15)20-18(22)14-21(2)13-17-9-12-19(23-17)10-3-4-11-19/h5-8,17H,3-4,9-14H2,1-2H3,(H,20,22)/t17-/m0/s1. The third kappa shape index (κ3) is 4.33. The van der Waals surface area contributed by atoms with E-state index in [9.17, 15) is 4.79 Å². The van der Waals surface area contributed by atoms with Gasteiger partial charge in [-0.3, -0.25) is 9.69 Å². The molecule has 1 saturated heterocycles. The number of carbonyl (C=O) groups excluding carboxylic acids is 1. The van der Waals surface area contributed by atoms with Gasteiger partial charge in [-0.05, 0) is 51.8 Å². The van der Waals surface area contributed by atoms with Crippen molar-refractivity contribution < 1.29 is 9.53 Å². The van der Waals surface area contributed by atoms with Crippen molar-refractivity contribution >= 4 is 11.6 Å². The normalized spacial score (nSPS) is 22.8. The third-order valence-electron chi connectivity index (χ3n) is 5.12. The Morgan fingerprint density at radius 2 is 1.96 bits per heavy atom. The number of ether oxygens (including phenoxy) is 1. The molecule has 2 fully saturated rings. The number of hydrogen-bond donors (Lipinski definition) is 1. The van der Waals surface area contributed by atoms with Crippen LogP contribution < -0.4 is 5.32 Å². The van der Waals surface area contributed by atoms with E-state index in [1.54, 1.807) is 0 Å². The van der Waals surface area contributed by atoms with Crippen molar-refractivity contribution in [2.75, 3.05) is 25.5 Å². The first-order valence-corrected chi connectivity index (χ1v) is 8.78. The predicted molar refractivity (Wildman–Crippen MR) is 92.6 cm³/mol. The van der Waals surface area contributed by atoms with Crippen molar-refractivity contribution in [1.82, 2.24) is 4.90 Å². The van der Waals surface area contributed by atoms with E-state index in [1.807, 2.05) is 38.2 Å². The number of aryl methyl sites for hydroxylation is 1. The van der Waals surface area contributed by atoms with Crippen LogP contribution >= 0.6 is 0 Å². The molecule has 1 saturated carbocycles. The van der Waals surface area contributed by atoms with Crippen molar-refractivity contribution in [3.8, 4) is 0 Å². The molecule has 1 spiro atoms. The zero-order valence-electron chi connectivity index (χ0n) is 14.3. The summed E-state index contributed by atoms with van der Waals surface area (Å²) in [5, 5.41) is 2.95. The molecule has 23 heavy (non-hydrogen) atoms. The summed E-state index contributed by atoms with van der Waals surface area (Å²) in [5.74, 6) is 0.0323. The lowest BCUT2D eigenvalue weighted by molar-refractivity contribution is -0.117. The summed E-state index contributed by atoms with van der Waals surface area (Å²) in [4.78, 5) is 14.2. The number of benzene rings is 1. The van der Waals surface area contributed by atoms with Crippen LogP contribution in [-0.2, 0) is 9.53 Å². The lowest BCUT2D eigenvalue weighted by Gasteiger charge is -2.26. The second-order valence-corrected chi connectivity index (χ2v) is 7.28. The summed E-state index contributed by atoms with van der Waals surface area (Å²) in [6, 6.07) is 7.90. The molecule has 0 bridgehead atoms. The maximum absolute atomic E-state index is 12.1. The van der Waals surface area contributed by atoms with Crippen LogP contribution in [0, 0.1) is 6.92 Å². The number of anilines is 1. The fourth-order valence-electron chi connectivity index (χ4n) is 3.91. The second-order valence-electron chi connectivity index (χ2n) is 7.28. The molecule has 0 unspecified atom stereocenters. The van der Waals surface area contributed by atoms with E-state index in [1.165, 1.54) is 37.7 Å². The third-order valence-corrected chi connectivity index (χ3v) is 5.12. The van der Waals surface area contributed by atoms with Gasteiger partial charge in [0, 0.05) is 12.2 Å². The molecule has 1 atom stereocenters. The number of carbonyl (C=O) groups is 1. The number of likely N-dealkylation sites (N-methyl/N-ethyl adjacent to an activating group) is 1. The summed E-state index contributed by atoms with van der Waals surface area (Å²) in [7, 11) is 2.00. The first-order valence-electron chi connectivity index (χ1n) is 8.78. The molecule has 1 heterocycles. The molecule has 4 nitrogen and oxygen atoms in total. The lowest BCUT2D eigenvalue weighted by Crippen LogP contribution is -2.36. The van der Waals surface area contributed by atoms with E-state index in [2.05, 4.69) is 10.2 Å². The Morgan fingerprint density at radius 1 is 1.26 bits per heavy atom. The highest BCUT2D eigenvalue weighted by atomic mass is 16.5. The predicted octanol–water partition coefficient (Wildman–Crippen LogP) is 3.36. The van der Waals surface area contributed by atoms with Gasteiger partial charge >= 0.3 is 0 Å². The average molecular weight is 316 g/mol. The van der Waals surface area contributed by atoms with Crippen molar-refractivity contribution in [3.63, 3.8) is 0 Å². The Kier molecular flexibility index (Phi) is 5.02. The van der Waals surface area contributed by atoms with Crippen molar-refractivity contribution in [2.24, 2.45) is 0 Å². The molecule has 0 radical (unpaired) electrons. The number of nitrogens with one attached hydrogen (secondary N) is 1.